The van der Waals surface area contributed by atoms with Crippen molar-refractivity contribution in [2.75, 3.05) is 19.6 Å². The van der Waals surface area contributed by atoms with Gasteiger partial charge in [0.05, 0.1) is 12.6 Å². The van der Waals surface area contributed by atoms with E-state index < -0.39 is 20.9 Å². The number of likely N-dealkylation sites (tertiary alicyclic amines) is 1. The number of morpholine rings is 1. The Morgan fingerprint density at radius 2 is 2.25 bits per heavy atom. The van der Waals surface area contributed by atoms with Gasteiger partial charge in [0.25, 0.3) is 0 Å². The van der Waals surface area contributed by atoms with Crippen LogP contribution in [0.3, 0.4) is 0 Å². The Hall–Kier alpha value is -1.64. The Bertz CT molecular complexity index is 781. The first kappa shape index (κ1) is 15.9. The number of hydrogen-bond donors (Lipinski definition) is 2. The minimum absolute atomic E-state index is 0.170. The number of urea groups is 1. The fraction of sp³-hybridized carbons (Fsp3) is 0.562. The fourth-order valence-corrected chi connectivity index (χ4v) is 5.88. The molecule has 130 valence electrons. The molecule has 3 atom stereocenters. The maximum Gasteiger partial charge on any atom is 0.317 e. The van der Waals surface area contributed by atoms with Crippen LogP contribution >= 0.6 is 0 Å². The molecule has 3 saturated heterocycles. The Morgan fingerprint density at radius 3 is 3.04 bits per heavy atom. The highest BCUT2D eigenvalue weighted by atomic mass is 32.2. The molecule has 8 heteroatoms. The highest BCUT2D eigenvalue weighted by molar-refractivity contribution is 7.90. The van der Waals surface area contributed by atoms with E-state index in [4.69, 9.17) is 4.74 Å². The lowest BCUT2D eigenvalue weighted by Crippen LogP contribution is -2.58. The lowest BCUT2D eigenvalue weighted by Gasteiger charge is -2.38. The first-order valence-corrected chi connectivity index (χ1v) is 9.68. The number of nitrogens with zero attached hydrogens (tertiary/aromatic N) is 1. The number of aryl methyl sites for hydroxylation is 1. The standard InChI is InChI=1S/C16H21N3O4S/c1-11-4-2-3-5-12(11)7-17-15(20)19-8-13-6-14-16(10-19,23-13)9-18-24(14,21)22/h2-5,13-14,18H,6-10H2,1H3,(H,17,20)/t13-,14+,16-/m1/s1. The van der Waals surface area contributed by atoms with Gasteiger partial charge in [0, 0.05) is 19.6 Å². The quantitative estimate of drug-likeness (QED) is 0.805. The summed E-state index contributed by atoms with van der Waals surface area (Å²) in [6.07, 6.45) is 0.251. The third-order valence-electron chi connectivity index (χ3n) is 5.27. The minimum atomic E-state index is -3.33. The van der Waals surface area contributed by atoms with Crippen molar-refractivity contribution in [3.05, 3.63) is 35.4 Å². The minimum Gasteiger partial charge on any atom is -0.365 e. The molecule has 2 amide bonds. The van der Waals surface area contributed by atoms with Gasteiger partial charge in [-0.25, -0.2) is 17.9 Å². The van der Waals surface area contributed by atoms with E-state index in [2.05, 4.69) is 10.0 Å². The second kappa shape index (κ2) is 5.44. The number of carbonyl (C=O) groups excluding carboxylic acids is 1. The molecule has 1 aromatic carbocycles. The molecule has 3 aliphatic rings. The van der Waals surface area contributed by atoms with Crippen LogP contribution in [-0.2, 0) is 21.3 Å². The Balaban J connectivity index is 1.45. The van der Waals surface area contributed by atoms with Crippen LogP contribution in [0, 0.1) is 6.92 Å². The van der Waals surface area contributed by atoms with Crippen molar-refractivity contribution in [3.63, 3.8) is 0 Å². The summed E-state index contributed by atoms with van der Waals surface area (Å²) in [5.41, 5.74) is 1.41. The van der Waals surface area contributed by atoms with Crippen LogP contribution < -0.4 is 10.0 Å². The molecule has 1 aromatic rings. The predicted molar refractivity (Wildman–Crippen MR) is 87.9 cm³/mol. The molecule has 0 aromatic heterocycles. The number of nitrogens with one attached hydrogen (secondary N) is 2. The van der Waals surface area contributed by atoms with Crippen LogP contribution in [0.2, 0.25) is 0 Å². The van der Waals surface area contributed by atoms with E-state index in [1.165, 1.54) is 0 Å². The van der Waals surface area contributed by atoms with E-state index in [0.717, 1.165) is 11.1 Å². The van der Waals surface area contributed by atoms with Crippen LogP contribution in [0.15, 0.2) is 24.3 Å². The Labute approximate surface area is 141 Å². The molecule has 0 radical (unpaired) electrons. The van der Waals surface area contributed by atoms with Gasteiger partial charge in [-0.2, -0.15) is 0 Å². The van der Waals surface area contributed by atoms with Gasteiger partial charge in [0.15, 0.2) is 0 Å². The summed E-state index contributed by atoms with van der Waals surface area (Å²) in [5.74, 6) is 0. The van der Waals surface area contributed by atoms with E-state index in [1.54, 1.807) is 4.90 Å². The molecule has 3 fully saturated rings. The first-order chi connectivity index (χ1) is 11.4. The van der Waals surface area contributed by atoms with Crippen molar-refractivity contribution in [2.45, 2.75) is 36.8 Å². The van der Waals surface area contributed by atoms with E-state index in [1.807, 2.05) is 31.2 Å². The van der Waals surface area contributed by atoms with Crippen LogP contribution in [0.4, 0.5) is 4.79 Å². The highest BCUT2D eigenvalue weighted by Gasteiger charge is 2.62. The van der Waals surface area contributed by atoms with E-state index in [9.17, 15) is 13.2 Å². The fourth-order valence-electron chi connectivity index (χ4n) is 3.98. The Morgan fingerprint density at radius 1 is 1.46 bits per heavy atom. The van der Waals surface area contributed by atoms with Gasteiger partial charge in [-0.1, -0.05) is 24.3 Å². The van der Waals surface area contributed by atoms with Gasteiger partial charge >= 0.3 is 6.03 Å². The summed E-state index contributed by atoms with van der Waals surface area (Å²) >= 11 is 0. The van der Waals surface area contributed by atoms with Gasteiger partial charge in [-0.3, -0.25) is 0 Å². The number of carbonyl (C=O) groups is 1. The molecule has 7 nitrogen and oxygen atoms in total. The van der Waals surface area contributed by atoms with Gasteiger partial charge in [0.2, 0.25) is 10.0 Å². The van der Waals surface area contributed by atoms with Crippen molar-refractivity contribution in [2.24, 2.45) is 0 Å². The zero-order valence-electron chi connectivity index (χ0n) is 13.5. The molecular weight excluding hydrogens is 330 g/mol. The molecule has 4 rings (SSSR count). The normalized spacial score (nSPS) is 33.3. The van der Waals surface area contributed by atoms with Crippen molar-refractivity contribution >= 4 is 16.1 Å². The summed E-state index contributed by atoms with van der Waals surface area (Å²) in [4.78, 5) is 14.2. The number of ether oxygens (including phenoxy) is 1. The van der Waals surface area contributed by atoms with E-state index >= 15 is 0 Å². The zero-order valence-corrected chi connectivity index (χ0v) is 14.3. The molecule has 2 bridgehead atoms. The zero-order chi connectivity index (χ0) is 16.9. The monoisotopic (exact) mass is 351 g/mol. The molecule has 0 unspecified atom stereocenters. The Kier molecular flexibility index (Phi) is 3.59. The number of fused-ring (bicyclic) bond motifs is 1. The smallest absolute Gasteiger partial charge is 0.317 e. The summed E-state index contributed by atoms with van der Waals surface area (Å²) in [5, 5.41) is 2.39. The van der Waals surface area contributed by atoms with Crippen LogP contribution in [0.1, 0.15) is 17.5 Å². The molecule has 0 saturated carbocycles. The number of amides is 2. The average molecular weight is 351 g/mol. The summed E-state index contributed by atoms with van der Waals surface area (Å²) in [7, 11) is -3.33. The molecule has 2 N–H and O–H groups in total. The maximum atomic E-state index is 12.5. The topological polar surface area (TPSA) is 87.7 Å². The molecule has 3 heterocycles. The van der Waals surface area contributed by atoms with Crippen LogP contribution in [0.5, 0.6) is 0 Å². The summed E-state index contributed by atoms with van der Waals surface area (Å²) < 4.78 is 32.7. The van der Waals surface area contributed by atoms with Crippen molar-refractivity contribution in [1.29, 1.82) is 0 Å². The van der Waals surface area contributed by atoms with Gasteiger partial charge in [-0.05, 0) is 24.5 Å². The number of rotatable bonds is 2. The summed E-state index contributed by atoms with van der Waals surface area (Å²) in [6.45, 7) is 3.46. The second-order valence-electron chi connectivity index (χ2n) is 6.86. The second-order valence-corrected chi connectivity index (χ2v) is 8.81. The van der Waals surface area contributed by atoms with Crippen molar-refractivity contribution in [1.82, 2.24) is 14.9 Å². The maximum absolute atomic E-state index is 12.5. The summed E-state index contributed by atoms with van der Waals surface area (Å²) in [6, 6.07) is 7.74. The largest absolute Gasteiger partial charge is 0.365 e. The van der Waals surface area contributed by atoms with E-state index in [-0.39, 0.29) is 18.7 Å². The van der Waals surface area contributed by atoms with Gasteiger partial charge in [-0.15, -0.1) is 0 Å². The van der Waals surface area contributed by atoms with Crippen LogP contribution in [-0.4, -0.2) is 55.9 Å². The lowest BCUT2D eigenvalue weighted by molar-refractivity contribution is -0.0881. The van der Waals surface area contributed by atoms with E-state index in [0.29, 0.717) is 26.1 Å². The SMILES string of the molecule is Cc1ccccc1CNC(=O)N1C[C@H]2C[C@H]3[C@@](CNS3(=O)=O)(C1)O2. The first-order valence-electron chi connectivity index (χ1n) is 8.13. The lowest BCUT2D eigenvalue weighted by atomic mass is 10.00. The third kappa shape index (κ3) is 2.49. The number of benzene rings is 1. The van der Waals surface area contributed by atoms with Crippen molar-refractivity contribution in [3.8, 4) is 0 Å². The molecule has 3 aliphatic heterocycles. The number of hydrogen-bond acceptors (Lipinski definition) is 4. The number of sulfonamides is 1. The van der Waals surface area contributed by atoms with Crippen molar-refractivity contribution < 1.29 is 17.9 Å². The molecule has 0 aliphatic carbocycles. The van der Waals surface area contributed by atoms with Gasteiger partial charge in [0.1, 0.15) is 10.9 Å². The third-order valence-corrected chi connectivity index (χ3v) is 7.19. The molecule has 24 heavy (non-hydrogen) atoms. The molecular formula is C16H21N3O4S. The molecule has 1 spiro atoms. The average Bonchev–Trinajstić information content (AvgIpc) is 2.95. The predicted octanol–water partition coefficient (Wildman–Crippen LogP) is 0.350. The van der Waals surface area contributed by atoms with Gasteiger partial charge < -0.3 is 15.0 Å². The highest BCUT2D eigenvalue weighted by Crippen LogP contribution is 2.42. The van der Waals surface area contributed by atoms with Crippen LogP contribution in [0.25, 0.3) is 0 Å².